The summed E-state index contributed by atoms with van der Waals surface area (Å²) in [7, 11) is 0. The molecule has 1 saturated heterocycles. The number of nitrogens with one attached hydrogen (secondary N) is 1. The number of H-pyrrole nitrogens is 1. The summed E-state index contributed by atoms with van der Waals surface area (Å²) in [5, 5.41) is 0.663. The fraction of sp³-hybridized carbons (Fsp3) is 0.300. The summed E-state index contributed by atoms with van der Waals surface area (Å²) in [6, 6.07) is 4.94. The number of ether oxygens (including phenoxy) is 3. The van der Waals surface area contributed by atoms with Gasteiger partial charge in [0, 0.05) is 12.4 Å². The number of rotatable bonds is 5. The minimum atomic E-state index is -1.13. The van der Waals surface area contributed by atoms with Gasteiger partial charge in [0.1, 0.15) is 30.9 Å². The number of pyridine rings is 1. The largest absolute Gasteiger partial charge is 0.508 e. The van der Waals surface area contributed by atoms with E-state index in [1.165, 1.54) is 6.20 Å². The Balaban J connectivity index is 1.40. The van der Waals surface area contributed by atoms with Gasteiger partial charge < -0.3 is 29.5 Å². The SMILES string of the molecule is C#C[C@@]1(COC(=O)OCc2ccc[nH]c2=O)CC[C@H](n2ccc3c(N)nc(Cl)nc32)O1. The van der Waals surface area contributed by atoms with Crippen LogP contribution in [0.15, 0.2) is 35.4 Å². The van der Waals surface area contributed by atoms with Gasteiger partial charge in [0.15, 0.2) is 5.60 Å². The van der Waals surface area contributed by atoms with E-state index in [0.29, 0.717) is 29.4 Å². The molecule has 0 spiro atoms. The Labute approximate surface area is 181 Å². The van der Waals surface area contributed by atoms with E-state index in [4.69, 9.17) is 38.0 Å². The van der Waals surface area contributed by atoms with E-state index in [1.54, 1.807) is 29.0 Å². The molecule has 2 atom stereocenters. The average Bonchev–Trinajstić information content (AvgIpc) is 3.36. The molecule has 0 aromatic carbocycles. The van der Waals surface area contributed by atoms with Crippen molar-refractivity contribution in [2.45, 2.75) is 31.3 Å². The Morgan fingerprint density at radius 2 is 2.29 bits per heavy atom. The van der Waals surface area contributed by atoms with Crippen LogP contribution in [0.1, 0.15) is 24.6 Å². The van der Waals surface area contributed by atoms with E-state index in [0.717, 1.165) is 0 Å². The van der Waals surface area contributed by atoms with E-state index >= 15 is 0 Å². The molecule has 4 heterocycles. The lowest BCUT2D eigenvalue weighted by Crippen LogP contribution is -2.34. The zero-order valence-corrected chi connectivity index (χ0v) is 17.0. The average molecular weight is 444 g/mol. The van der Waals surface area contributed by atoms with Crippen LogP contribution in [0.2, 0.25) is 5.28 Å². The van der Waals surface area contributed by atoms with Gasteiger partial charge in [-0.3, -0.25) is 4.79 Å². The van der Waals surface area contributed by atoms with Crippen molar-refractivity contribution in [2.24, 2.45) is 0 Å². The Morgan fingerprint density at radius 3 is 3.06 bits per heavy atom. The summed E-state index contributed by atoms with van der Waals surface area (Å²) in [6.07, 6.45) is 8.51. The van der Waals surface area contributed by atoms with Gasteiger partial charge in [-0.15, -0.1) is 6.42 Å². The first-order valence-electron chi connectivity index (χ1n) is 9.32. The molecule has 1 aliphatic heterocycles. The Kier molecular flexibility index (Phi) is 5.54. The highest BCUT2D eigenvalue weighted by Crippen LogP contribution is 2.38. The van der Waals surface area contributed by atoms with Crippen molar-refractivity contribution in [3.05, 3.63) is 51.8 Å². The lowest BCUT2D eigenvalue weighted by Gasteiger charge is -2.23. The molecule has 0 radical (unpaired) electrons. The maximum Gasteiger partial charge on any atom is 0.508 e. The third-order valence-electron chi connectivity index (χ3n) is 4.97. The molecule has 0 bridgehead atoms. The van der Waals surface area contributed by atoms with Gasteiger partial charge in [0.2, 0.25) is 5.28 Å². The first-order valence-corrected chi connectivity index (χ1v) is 9.70. The number of aromatic amines is 1. The number of carbonyl (C=O) groups is 1. The van der Waals surface area contributed by atoms with Crippen molar-refractivity contribution >= 4 is 34.6 Å². The number of halogens is 1. The van der Waals surface area contributed by atoms with Gasteiger partial charge in [-0.05, 0) is 42.6 Å². The molecule has 3 aromatic rings. The second-order valence-electron chi connectivity index (χ2n) is 6.94. The predicted octanol–water partition coefficient (Wildman–Crippen LogP) is 2.39. The van der Waals surface area contributed by atoms with Gasteiger partial charge in [-0.2, -0.15) is 4.98 Å². The molecule has 0 saturated carbocycles. The van der Waals surface area contributed by atoms with Crippen LogP contribution >= 0.6 is 11.6 Å². The van der Waals surface area contributed by atoms with Gasteiger partial charge in [-0.1, -0.05) is 5.92 Å². The molecule has 1 aliphatic rings. The lowest BCUT2D eigenvalue weighted by molar-refractivity contribution is -0.0737. The monoisotopic (exact) mass is 443 g/mol. The lowest BCUT2D eigenvalue weighted by atomic mass is 10.0. The number of nitrogen functional groups attached to an aromatic ring is 1. The molecule has 0 unspecified atom stereocenters. The summed E-state index contributed by atoms with van der Waals surface area (Å²) in [5.74, 6) is 2.83. The number of nitrogens with zero attached hydrogens (tertiary/aromatic N) is 3. The molecule has 0 aliphatic carbocycles. The Morgan fingerprint density at radius 1 is 1.45 bits per heavy atom. The van der Waals surface area contributed by atoms with Crippen molar-refractivity contribution in [2.75, 3.05) is 12.3 Å². The highest BCUT2D eigenvalue weighted by molar-refractivity contribution is 6.28. The molecule has 31 heavy (non-hydrogen) atoms. The van der Waals surface area contributed by atoms with Crippen LogP contribution in [0.4, 0.5) is 10.6 Å². The number of terminal acetylenes is 1. The van der Waals surface area contributed by atoms with Crippen LogP contribution in [0.25, 0.3) is 11.0 Å². The second kappa shape index (κ2) is 8.29. The zero-order valence-electron chi connectivity index (χ0n) is 16.2. The topological polar surface area (TPSA) is 134 Å². The molecule has 10 nitrogen and oxygen atoms in total. The van der Waals surface area contributed by atoms with E-state index in [2.05, 4.69) is 20.9 Å². The first-order chi connectivity index (χ1) is 14.9. The normalized spacial score (nSPS) is 20.5. The number of hydrogen-bond acceptors (Lipinski definition) is 8. The number of anilines is 1. The predicted molar refractivity (Wildman–Crippen MR) is 111 cm³/mol. The summed E-state index contributed by atoms with van der Waals surface area (Å²) in [6.45, 7) is -0.431. The van der Waals surface area contributed by atoms with E-state index < -0.39 is 18.0 Å². The molecule has 4 rings (SSSR count). The van der Waals surface area contributed by atoms with Crippen molar-refractivity contribution in [3.63, 3.8) is 0 Å². The highest BCUT2D eigenvalue weighted by atomic mass is 35.5. The smallest absolute Gasteiger partial charge is 0.430 e. The number of carbonyl (C=O) groups excluding carboxylic acids is 1. The molecular weight excluding hydrogens is 426 g/mol. The molecule has 0 amide bonds. The van der Waals surface area contributed by atoms with Crippen molar-refractivity contribution in [1.29, 1.82) is 0 Å². The van der Waals surface area contributed by atoms with Crippen molar-refractivity contribution < 1.29 is 19.0 Å². The third-order valence-corrected chi connectivity index (χ3v) is 5.14. The van der Waals surface area contributed by atoms with Crippen LogP contribution in [-0.4, -0.2) is 37.9 Å². The van der Waals surface area contributed by atoms with E-state index in [1.807, 2.05) is 0 Å². The van der Waals surface area contributed by atoms with E-state index in [-0.39, 0.29) is 29.9 Å². The van der Waals surface area contributed by atoms with Crippen molar-refractivity contribution in [3.8, 4) is 12.3 Å². The number of aromatic nitrogens is 4. The first kappa shape index (κ1) is 20.7. The van der Waals surface area contributed by atoms with Gasteiger partial charge >= 0.3 is 6.16 Å². The summed E-state index contributed by atoms with van der Waals surface area (Å²) >= 11 is 5.93. The number of fused-ring (bicyclic) bond motifs is 1. The maximum atomic E-state index is 12.0. The van der Waals surface area contributed by atoms with Gasteiger partial charge in [0.25, 0.3) is 5.56 Å². The molecular formula is C20H18ClN5O5. The molecule has 3 N–H and O–H groups in total. The summed E-state index contributed by atoms with van der Waals surface area (Å²) in [5.41, 5.74) is 5.23. The maximum absolute atomic E-state index is 12.0. The number of nitrogens with two attached hydrogens (primary N) is 1. The van der Waals surface area contributed by atoms with Gasteiger partial charge in [-0.25, -0.2) is 9.78 Å². The quantitative estimate of drug-likeness (QED) is 0.348. The fourth-order valence-electron chi connectivity index (χ4n) is 3.37. The van der Waals surface area contributed by atoms with Crippen LogP contribution in [0, 0.1) is 12.3 Å². The molecule has 11 heteroatoms. The van der Waals surface area contributed by atoms with Crippen LogP contribution in [-0.2, 0) is 20.8 Å². The Bertz CT molecular complexity index is 1230. The summed E-state index contributed by atoms with van der Waals surface area (Å²) in [4.78, 5) is 34.2. The molecule has 3 aromatic heterocycles. The zero-order chi connectivity index (χ0) is 22.0. The number of hydrogen-bond donors (Lipinski definition) is 2. The van der Waals surface area contributed by atoms with Crippen LogP contribution < -0.4 is 11.3 Å². The van der Waals surface area contributed by atoms with Crippen LogP contribution in [0.3, 0.4) is 0 Å². The minimum Gasteiger partial charge on any atom is -0.430 e. The third kappa shape index (κ3) is 4.19. The van der Waals surface area contributed by atoms with Crippen molar-refractivity contribution in [1.82, 2.24) is 19.5 Å². The molecule has 1 fully saturated rings. The summed E-state index contributed by atoms with van der Waals surface area (Å²) < 4.78 is 18.0. The van der Waals surface area contributed by atoms with E-state index in [9.17, 15) is 9.59 Å². The van der Waals surface area contributed by atoms with Gasteiger partial charge in [0.05, 0.1) is 10.9 Å². The highest BCUT2D eigenvalue weighted by Gasteiger charge is 2.41. The fourth-order valence-corrected chi connectivity index (χ4v) is 3.54. The molecule has 160 valence electrons. The van der Waals surface area contributed by atoms with Crippen LogP contribution in [0.5, 0.6) is 0 Å². The second-order valence-corrected chi connectivity index (χ2v) is 7.28. The minimum absolute atomic E-state index is 0.0227. The standard InChI is InChI=1S/C20H18ClN5O5/c1-2-20(11-30-19(28)29-10-12-4-3-8-23-17(12)27)7-5-14(31-20)26-9-6-13-15(22)24-18(21)25-16(13)26/h1,3-4,6,8-9,14H,5,7,10-11H2,(H,23,27)(H2,22,24,25)/t14-,20+/m1/s1. The Hall–Kier alpha value is -3.55.